The minimum absolute atomic E-state index is 0.205. The van der Waals surface area contributed by atoms with Gasteiger partial charge in [0.15, 0.2) is 5.75 Å². The second kappa shape index (κ2) is 5.33. The van der Waals surface area contributed by atoms with Crippen LogP contribution in [0.4, 0.5) is 13.2 Å². The van der Waals surface area contributed by atoms with Gasteiger partial charge in [-0.1, -0.05) is 55.1 Å². The van der Waals surface area contributed by atoms with E-state index in [1.165, 1.54) is 12.1 Å². The first-order chi connectivity index (χ1) is 7.20. The van der Waals surface area contributed by atoms with Crippen molar-refractivity contribution in [3.8, 4) is 5.75 Å². The largest absolute Gasteiger partial charge is 0.573 e. The fourth-order valence-corrected chi connectivity index (χ4v) is 2.03. The maximum Gasteiger partial charge on any atom is 0.573 e. The van der Waals surface area contributed by atoms with Crippen molar-refractivity contribution in [2.75, 3.05) is 0 Å². The molecule has 90 valence electrons. The van der Waals surface area contributed by atoms with E-state index in [0.717, 1.165) is 0 Å². The highest BCUT2D eigenvalue weighted by Crippen LogP contribution is 2.41. The molecule has 0 unspecified atom stereocenters. The van der Waals surface area contributed by atoms with Crippen LogP contribution in [-0.2, 0) is 0 Å². The molecule has 8 heteroatoms. The molecule has 1 nitrogen and oxygen atoms in total. The summed E-state index contributed by atoms with van der Waals surface area (Å²) in [5, 5.41) is -0.410. The lowest BCUT2D eigenvalue weighted by atomic mass is 10.2. The summed E-state index contributed by atoms with van der Waals surface area (Å²) in [5.74, 6) is -0.597. The Balaban J connectivity index is 3.13. The van der Waals surface area contributed by atoms with Crippen LogP contribution in [0.5, 0.6) is 5.75 Å². The molecule has 0 spiro atoms. The molecule has 0 atom stereocenters. The van der Waals surface area contributed by atoms with Crippen molar-refractivity contribution in [3.63, 3.8) is 0 Å². The van der Waals surface area contributed by atoms with Gasteiger partial charge in [0.25, 0.3) is 0 Å². The Bertz CT molecular complexity index is 372. The SMILES string of the molecule is FC(F)(F)Oc1c(Cl)cc(C(Br)Br)cc1Cl. The van der Waals surface area contributed by atoms with Crippen molar-refractivity contribution in [1.82, 2.24) is 0 Å². The lowest BCUT2D eigenvalue weighted by molar-refractivity contribution is -0.274. The molecule has 0 N–H and O–H groups in total. The predicted molar refractivity (Wildman–Crippen MR) is 63.7 cm³/mol. The van der Waals surface area contributed by atoms with Gasteiger partial charge in [-0.15, -0.1) is 13.2 Å². The van der Waals surface area contributed by atoms with Crippen LogP contribution in [0.15, 0.2) is 12.1 Å². The predicted octanol–water partition coefficient (Wildman–Crippen LogP) is 5.68. The fourth-order valence-electron chi connectivity index (χ4n) is 0.919. The molecular weight excluding hydrogens is 400 g/mol. The molecule has 0 aliphatic rings. The zero-order valence-corrected chi connectivity index (χ0v) is 12.0. The van der Waals surface area contributed by atoms with Crippen LogP contribution in [0, 0.1) is 0 Å². The second-order valence-corrected chi connectivity index (χ2v) is 6.54. The minimum atomic E-state index is -4.82. The summed E-state index contributed by atoms with van der Waals surface area (Å²) in [4.78, 5) is 0. The van der Waals surface area contributed by atoms with E-state index < -0.39 is 12.1 Å². The third-order valence-electron chi connectivity index (χ3n) is 1.49. The lowest BCUT2D eigenvalue weighted by Gasteiger charge is -2.13. The van der Waals surface area contributed by atoms with Gasteiger partial charge in [0.2, 0.25) is 0 Å². The van der Waals surface area contributed by atoms with Crippen LogP contribution in [0.2, 0.25) is 10.0 Å². The van der Waals surface area contributed by atoms with Crippen molar-refractivity contribution in [3.05, 3.63) is 27.7 Å². The number of hydrogen-bond donors (Lipinski definition) is 0. The number of rotatable bonds is 2. The molecule has 0 saturated carbocycles. The summed E-state index contributed by atoms with van der Waals surface area (Å²) in [6, 6.07) is 2.64. The van der Waals surface area contributed by atoms with E-state index in [1.54, 1.807) is 0 Å². The first kappa shape index (κ1) is 14.4. The minimum Gasteiger partial charge on any atom is -0.403 e. The molecule has 0 aliphatic carbocycles. The van der Waals surface area contributed by atoms with Gasteiger partial charge in [0, 0.05) is 0 Å². The molecule has 0 fully saturated rings. The Labute approximate surface area is 116 Å². The van der Waals surface area contributed by atoms with E-state index in [4.69, 9.17) is 23.2 Å². The second-order valence-electron chi connectivity index (χ2n) is 2.66. The molecule has 0 aromatic heterocycles. The van der Waals surface area contributed by atoms with Gasteiger partial charge in [-0.25, -0.2) is 0 Å². The third-order valence-corrected chi connectivity index (χ3v) is 3.11. The fraction of sp³-hybridized carbons (Fsp3) is 0.250. The average molecular weight is 403 g/mol. The van der Waals surface area contributed by atoms with Gasteiger partial charge in [-0.3, -0.25) is 0 Å². The van der Waals surface area contributed by atoms with Crippen molar-refractivity contribution < 1.29 is 17.9 Å². The van der Waals surface area contributed by atoms with Gasteiger partial charge in [-0.05, 0) is 17.7 Å². The first-order valence-corrected chi connectivity index (χ1v) is 6.32. The Morgan fingerprint density at radius 1 is 1.12 bits per heavy atom. The highest BCUT2D eigenvalue weighted by molar-refractivity contribution is 9.24. The number of ether oxygens (including phenoxy) is 1. The maximum atomic E-state index is 12.0. The molecule has 0 bridgehead atoms. The Kier molecular flexibility index (Phi) is 4.80. The average Bonchev–Trinajstić information content (AvgIpc) is 2.09. The highest BCUT2D eigenvalue weighted by Gasteiger charge is 2.33. The molecule has 0 aliphatic heterocycles. The van der Waals surface area contributed by atoms with Crippen LogP contribution in [0.25, 0.3) is 0 Å². The Hall–Kier alpha value is 0.350. The van der Waals surface area contributed by atoms with Crippen LogP contribution in [0.3, 0.4) is 0 Å². The van der Waals surface area contributed by atoms with E-state index >= 15 is 0 Å². The molecule has 0 saturated heterocycles. The normalized spacial score (nSPS) is 12.0. The first-order valence-electron chi connectivity index (χ1n) is 3.73. The van der Waals surface area contributed by atoms with E-state index in [9.17, 15) is 13.2 Å². The van der Waals surface area contributed by atoms with Crippen molar-refractivity contribution >= 4 is 55.1 Å². The maximum absolute atomic E-state index is 12.0. The summed E-state index contributed by atoms with van der Waals surface area (Å²) in [7, 11) is 0. The van der Waals surface area contributed by atoms with E-state index in [-0.39, 0.29) is 13.8 Å². The van der Waals surface area contributed by atoms with Gasteiger partial charge in [0.1, 0.15) is 0 Å². The van der Waals surface area contributed by atoms with Crippen molar-refractivity contribution in [1.29, 1.82) is 0 Å². The van der Waals surface area contributed by atoms with Gasteiger partial charge in [0.05, 0.1) is 13.8 Å². The Morgan fingerprint density at radius 2 is 1.56 bits per heavy atom. The quantitative estimate of drug-likeness (QED) is 0.578. The highest BCUT2D eigenvalue weighted by atomic mass is 79.9. The van der Waals surface area contributed by atoms with Crippen LogP contribution >= 0.6 is 55.1 Å². The molecule has 1 aromatic rings. The summed E-state index contributed by atoms with van der Waals surface area (Å²) < 4.78 is 39.5. The summed E-state index contributed by atoms with van der Waals surface area (Å²) in [6.07, 6.45) is -4.82. The number of benzene rings is 1. The molecule has 16 heavy (non-hydrogen) atoms. The summed E-state index contributed by atoms with van der Waals surface area (Å²) in [5.41, 5.74) is 0.588. The monoisotopic (exact) mass is 400 g/mol. The zero-order valence-electron chi connectivity index (χ0n) is 7.29. The van der Waals surface area contributed by atoms with Crippen LogP contribution < -0.4 is 4.74 Å². The summed E-state index contributed by atoms with van der Waals surface area (Å²) in [6.45, 7) is 0. The van der Waals surface area contributed by atoms with Gasteiger partial charge >= 0.3 is 6.36 Å². The number of hydrogen-bond acceptors (Lipinski definition) is 1. The smallest absolute Gasteiger partial charge is 0.403 e. The molecule has 0 heterocycles. The van der Waals surface area contributed by atoms with E-state index in [2.05, 4.69) is 36.6 Å². The molecular formula is C8H3Br2Cl2F3O. The van der Waals surface area contributed by atoms with Gasteiger partial charge < -0.3 is 4.74 Å². The molecule has 1 rings (SSSR count). The van der Waals surface area contributed by atoms with E-state index in [1.807, 2.05) is 0 Å². The number of halogens is 7. The third kappa shape index (κ3) is 3.98. The standard InChI is InChI=1S/C8H3Br2Cl2F3O/c9-7(10)3-1-4(11)6(5(12)2-3)16-8(13,14)15/h1-2,7H. The summed E-state index contributed by atoms with van der Waals surface area (Å²) >= 11 is 17.6. The Morgan fingerprint density at radius 3 is 1.88 bits per heavy atom. The zero-order chi connectivity index (χ0) is 12.5. The lowest BCUT2D eigenvalue weighted by Crippen LogP contribution is -2.17. The van der Waals surface area contributed by atoms with Crippen molar-refractivity contribution in [2.24, 2.45) is 0 Å². The van der Waals surface area contributed by atoms with Crippen molar-refractivity contribution in [2.45, 2.75) is 10.1 Å². The van der Waals surface area contributed by atoms with Crippen LogP contribution in [0.1, 0.15) is 9.30 Å². The topological polar surface area (TPSA) is 9.23 Å². The van der Waals surface area contributed by atoms with E-state index in [0.29, 0.717) is 5.56 Å². The molecule has 1 aromatic carbocycles. The van der Waals surface area contributed by atoms with Gasteiger partial charge in [-0.2, -0.15) is 0 Å². The molecule has 0 amide bonds. The number of alkyl halides is 5. The van der Waals surface area contributed by atoms with Crippen LogP contribution in [-0.4, -0.2) is 6.36 Å². The molecule has 0 radical (unpaired) electrons.